The van der Waals surface area contributed by atoms with Crippen LogP contribution in [0.2, 0.25) is 0 Å². The number of fused-ring (bicyclic) bond motifs is 4. The van der Waals surface area contributed by atoms with Gasteiger partial charge >= 0.3 is 18.3 Å². The highest BCUT2D eigenvalue weighted by Crippen LogP contribution is 2.47. The lowest BCUT2D eigenvalue weighted by molar-refractivity contribution is -0.138. The van der Waals surface area contributed by atoms with Crippen molar-refractivity contribution in [2.24, 2.45) is 0 Å². The molecule has 16 heteroatoms. The molecule has 4 fully saturated rings. The van der Waals surface area contributed by atoms with Gasteiger partial charge in [-0.3, -0.25) is 9.80 Å². The van der Waals surface area contributed by atoms with Crippen LogP contribution in [-0.2, 0) is 10.9 Å². The fraction of sp³-hybridized carbons (Fsp3) is 0.633. The summed E-state index contributed by atoms with van der Waals surface area (Å²) in [6, 6.07) is -0.314. The summed E-state index contributed by atoms with van der Waals surface area (Å²) >= 11 is 2.72. The Balaban J connectivity index is 1.44. The van der Waals surface area contributed by atoms with Crippen molar-refractivity contribution in [3.05, 3.63) is 34.1 Å². The summed E-state index contributed by atoms with van der Waals surface area (Å²) in [7, 11) is 0. The van der Waals surface area contributed by atoms with Gasteiger partial charge < -0.3 is 14.4 Å². The Hall–Kier alpha value is -2.88. The van der Waals surface area contributed by atoms with Gasteiger partial charge in [-0.1, -0.05) is 0 Å². The number of aromatic nitrogens is 2. The largest absolute Gasteiger partial charge is 0.461 e. The molecule has 1 aromatic carbocycles. The van der Waals surface area contributed by atoms with Gasteiger partial charge in [0.2, 0.25) is 0 Å². The van der Waals surface area contributed by atoms with Crippen LogP contribution in [0.4, 0.5) is 41.3 Å². The number of rotatable bonds is 5. The lowest BCUT2D eigenvalue weighted by Gasteiger charge is -2.47. The van der Waals surface area contributed by atoms with Crippen molar-refractivity contribution in [2.75, 3.05) is 37.7 Å². The van der Waals surface area contributed by atoms with Gasteiger partial charge in [-0.2, -0.15) is 31.9 Å². The molecular formula is C30H33BrF7N5O3. The molecule has 1 amide bonds. The van der Waals surface area contributed by atoms with E-state index in [1.165, 1.54) is 9.80 Å². The highest BCUT2D eigenvalue weighted by molar-refractivity contribution is 9.10. The molecular weight excluding hydrogens is 691 g/mol. The molecule has 0 radical (unpaired) electrons. The third-order valence-corrected chi connectivity index (χ3v) is 10.1. The molecule has 0 N–H and O–H groups in total. The Labute approximate surface area is 269 Å². The van der Waals surface area contributed by atoms with Gasteiger partial charge in [0.25, 0.3) is 6.08 Å². The number of carbonyl (C=O) groups excluding carboxylic acids is 1. The molecule has 0 aliphatic carbocycles. The molecule has 2 bridgehead atoms. The van der Waals surface area contributed by atoms with Gasteiger partial charge in [0.05, 0.1) is 27.2 Å². The molecule has 4 aliphatic heterocycles. The Morgan fingerprint density at radius 2 is 1.91 bits per heavy atom. The second kappa shape index (κ2) is 11.4. The van der Waals surface area contributed by atoms with E-state index in [0.29, 0.717) is 31.5 Å². The number of carbonyl (C=O) groups is 1. The van der Waals surface area contributed by atoms with Crippen LogP contribution in [0.5, 0.6) is 6.01 Å². The first-order chi connectivity index (χ1) is 21.4. The van der Waals surface area contributed by atoms with Gasteiger partial charge in [-0.25, -0.2) is 13.6 Å². The number of piperazine rings is 1. The van der Waals surface area contributed by atoms with Gasteiger partial charge in [-0.05, 0) is 75.0 Å². The van der Waals surface area contributed by atoms with Crippen LogP contribution in [-0.4, -0.2) is 87.5 Å². The van der Waals surface area contributed by atoms with Crippen LogP contribution in [0, 0.1) is 5.82 Å². The second-order valence-electron chi connectivity index (χ2n) is 13.6. The molecule has 5 heterocycles. The summed E-state index contributed by atoms with van der Waals surface area (Å²) in [6.07, 6.45) is -6.09. The number of halogens is 8. The van der Waals surface area contributed by atoms with E-state index in [2.05, 4.69) is 25.9 Å². The fourth-order valence-corrected chi connectivity index (χ4v) is 8.06. The number of nitrogens with zero attached hydrogens (tertiary/aromatic N) is 5. The average Bonchev–Trinajstić information content (AvgIpc) is 3.52. The summed E-state index contributed by atoms with van der Waals surface area (Å²) < 4.78 is 111. The van der Waals surface area contributed by atoms with E-state index in [1.807, 2.05) is 4.90 Å². The van der Waals surface area contributed by atoms with Gasteiger partial charge in [-0.15, -0.1) is 0 Å². The molecule has 4 saturated heterocycles. The molecule has 0 saturated carbocycles. The smallest absolute Gasteiger partial charge is 0.417 e. The van der Waals surface area contributed by atoms with Crippen LogP contribution in [0.3, 0.4) is 0 Å². The molecule has 2 unspecified atom stereocenters. The molecule has 4 atom stereocenters. The molecule has 46 heavy (non-hydrogen) atoms. The second-order valence-corrected chi connectivity index (χ2v) is 14.4. The number of hydrogen-bond acceptors (Lipinski definition) is 7. The first-order valence-electron chi connectivity index (χ1n) is 15.0. The van der Waals surface area contributed by atoms with E-state index >= 15 is 4.39 Å². The van der Waals surface area contributed by atoms with Gasteiger partial charge in [0, 0.05) is 37.5 Å². The molecule has 1 aromatic heterocycles. The van der Waals surface area contributed by atoms with Crippen LogP contribution < -0.4 is 9.64 Å². The number of benzene rings is 1. The Kier molecular flexibility index (Phi) is 8.17. The van der Waals surface area contributed by atoms with Crippen molar-refractivity contribution in [3.8, 4) is 6.01 Å². The van der Waals surface area contributed by atoms with Crippen molar-refractivity contribution in [3.63, 3.8) is 0 Å². The summed E-state index contributed by atoms with van der Waals surface area (Å²) in [5, 5.41) is -0.310. The first-order valence-corrected chi connectivity index (χ1v) is 15.8. The number of alkyl halides is 4. The van der Waals surface area contributed by atoms with Crippen LogP contribution in [0.15, 0.2) is 22.7 Å². The quantitative estimate of drug-likeness (QED) is 0.301. The normalized spacial score (nSPS) is 28.2. The minimum Gasteiger partial charge on any atom is -0.461 e. The van der Waals surface area contributed by atoms with E-state index in [9.17, 15) is 31.1 Å². The third kappa shape index (κ3) is 5.88. The zero-order valence-electron chi connectivity index (χ0n) is 25.4. The minimum absolute atomic E-state index is 0.0193. The van der Waals surface area contributed by atoms with Crippen LogP contribution >= 0.6 is 15.9 Å². The Morgan fingerprint density at radius 1 is 1.17 bits per heavy atom. The van der Waals surface area contributed by atoms with E-state index in [4.69, 9.17) is 9.47 Å². The van der Waals surface area contributed by atoms with E-state index in [-0.39, 0.29) is 56.3 Å². The lowest BCUT2D eigenvalue weighted by Crippen LogP contribution is -2.63. The summed E-state index contributed by atoms with van der Waals surface area (Å²) in [6.45, 7) is 5.51. The summed E-state index contributed by atoms with van der Waals surface area (Å²) in [4.78, 5) is 26.6. The fourth-order valence-electron chi connectivity index (χ4n) is 7.53. The highest BCUT2D eigenvalue weighted by atomic mass is 79.9. The minimum atomic E-state index is -4.95. The number of ether oxygens (including phenoxy) is 2. The molecule has 252 valence electrons. The first kappa shape index (κ1) is 33.0. The van der Waals surface area contributed by atoms with Crippen molar-refractivity contribution < 1.29 is 45.0 Å². The number of anilines is 1. The maximum absolute atomic E-state index is 15.7. The predicted octanol–water partition coefficient (Wildman–Crippen LogP) is 7.24. The zero-order chi connectivity index (χ0) is 33.4. The number of amides is 1. The van der Waals surface area contributed by atoms with Crippen molar-refractivity contribution in [1.82, 2.24) is 19.8 Å². The van der Waals surface area contributed by atoms with Crippen LogP contribution in [0.1, 0.15) is 58.4 Å². The molecule has 2 aromatic rings. The van der Waals surface area contributed by atoms with E-state index in [1.54, 1.807) is 20.8 Å². The zero-order valence-corrected chi connectivity index (χ0v) is 27.0. The average molecular weight is 725 g/mol. The third-order valence-electron chi connectivity index (χ3n) is 9.29. The predicted molar refractivity (Wildman–Crippen MR) is 157 cm³/mol. The Bertz CT molecular complexity index is 1580. The standard InChI is InChI=1S/C30H33BrF7N5O3/c1-27(2,3)46-26(44)43-17-5-7-28(43,11-20(33)34)14-41(13-17)24-18-9-19(30(36,37)38)21(31)22(35)23(18)39-25(40-24)45-15-29-6-4-8-42(29)12-16(32)10-29/h9,11,16-17H,4-8,10,12-15H2,1-3H3/t16-,17?,28?,29+/m1/s1. The highest BCUT2D eigenvalue weighted by Gasteiger charge is 2.55. The molecule has 6 rings (SSSR count). The van der Waals surface area contributed by atoms with Crippen molar-refractivity contribution in [1.29, 1.82) is 0 Å². The maximum atomic E-state index is 15.7. The van der Waals surface area contributed by atoms with E-state index in [0.717, 1.165) is 6.42 Å². The molecule has 4 aliphatic rings. The number of hydrogen-bond donors (Lipinski definition) is 0. The van der Waals surface area contributed by atoms with E-state index < -0.39 is 68.6 Å². The molecule has 0 spiro atoms. The molecule has 8 nitrogen and oxygen atoms in total. The summed E-state index contributed by atoms with van der Waals surface area (Å²) in [5.41, 5.74) is -4.92. The van der Waals surface area contributed by atoms with Crippen molar-refractivity contribution >= 4 is 38.7 Å². The maximum Gasteiger partial charge on any atom is 0.417 e. The van der Waals surface area contributed by atoms with Crippen LogP contribution in [0.25, 0.3) is 10.9 Å². The lowest BCUT2D eigenvalue weighted by atomic mass is 9.94. The summed E-state index contributed by atoms with van der Waals surface area (Å²) in [5.74, 6) is -1.47. The SMILES string of the molecule is CC(C)(C)OC(=O)N1C2CCC1(C=C(F)F)CN(c1nc(OC[C@@]34CCCN3C[C@H](F)C4)nc3c(F)c(Br)c(C(F)(F)F)cc13)C2. The Morgan fingerprint density at radius 3 is 2.59 bits per heavy atom. The van der Waals surface area contributed by atoms with Gasteiger partial charge in [0.1, 0.15) is 29.7 Å². The van der Waals surface area contributed by atoms with Gasteiger partial charge in [0.15, 0.2) is 5.82 Å². The monoisotopic (exact) mass is 723 g/mol. The topological polar surface area (TPSA) is 71.0 Å². The van der Waals surface area contributed by atoms with Crippen molar-refractivity contribution in [2.45, 2.75) is 87.9 Å².